The lowest BCUT2D eigenvalue weighted by Crippen LogP contribution is -2.44. The highest BCUT2D eigenvalue weighted by atomic mass is 19.3. The summed E-state index contributed by atoms with van der Waals surface area (Å²) in [4.78, 5) is 57.0. The lowest BCUT2D eigenvalue weighted by atomic mass is 10.1. The van der Waals surface area contributed by atoms with Gasteiger partial charge in [-0.1, -0.05) is 6.08 Å². The number of aromatic amines is 1. The third-order valence-electron chi connectivity index (χ3n) is 5.47. The molecule has 0 aliphatic carbocycles. The number of alkyl halides is 2. The number of aromatic nitrogens is 3. The van der Waals surface area contributed by atoms with E-state index < -0.39 is 42.5 Å². The maximum absolute atomic E-state index is 13.9. The van der Waals surface area contributed by atoms with Crippen LogP contribution in [-0.4, -0.2) is 75.6 Å². The maximum atomic E-state index is 13.9. The number of imidazole rings is 1. The number of halogens is 3. The number of carbonyl (C=O) groups excluding carboxylic acids is 2. The van der Waals surface area contributed by atoms with Crippen LogP contribution in [0.15, 0.2) is 47.4 Å². The van der Waals surface area contributed by atoms with E-state index in [1.807, 2.05) is 0 Å². The van der Waals surface area contributed by atoms with E-state index in [0.717, 1.165) is 12.1 Å². The van der Waals surface area contributed by atoms with Gasteiger partial charge in [0.2, 0.25) is 11.8 Å². The molecule has 1 aromatic carbocycles. The maximum Gasteiger partial charge on any atom is 0.405 e. The Hall–Kier alpha value is -4.82. The molecule has 0 aliphatic rings. The Morgan fingerprint density at radius 1 is 1.27 bits per heavy atom. The zero-order chi connectivity index (χ0) is 29.4. The van der Waals surface area contributed by atoms with E-state index in [1.54, 1.807) is 14.1 Å². The molecule has 40 heavy (non-hydrogen) atoms. The minimum Gasteiger partial charge on any atom is -0.485 e. The molecule has 4 N–H and O–H groups in total. The van der Waals surface area contributed by atoms with Crippen molar-refractivity contribution in [3.05, 3.63) is 64.6 Å². The molecule has 15 heteroatoms. The molecule has 0 bridgehead atoms. The van der Waals surface area contributed by atoms with Crippen molar-refractivity contribution in [2.75, 3.05) is 26.0 Å². The molecule has 2 heterocycles. The average molecular weight is 565 g/mol. The Bertz CT molecular complexity index is 1470. The van der Waals surface area contributed by atoms with Crippen LogP contribution < -0.4 is 20.9 Å². The number of amides is 3. The second-order valence-corrected chi connectivity index (χ2v) is 8.74. The number of anilines is 1. The number of H-pyrrole nitrogens is 1. The average Bonchev–Trinajstić information content (AvgIpc) is 3.28. The molecule has 0 radical (unpaired) electrons. The number of pyridine rings is 1. The van der Waals surface area contributed by atoms with Gasteiger partial charge >= 0.3 is 6.09 Å². The first-order valence-electron chi connectivity index (χ1n) is 11.9. The predicted molar refractivity (Wildman–Crippen MR) is 138 cm³/mol. The van der Waals surface area contributed by atoms with Crippen LogP contribution in [0, 0.1) is 5.82 Å². The van der Waals surface area contributed by atoms with Gasteiger partial charge in [0.05, 0.1) is 12.1 Å². The van der Waals surface area contributed by atoms with Crippen molar-refractivity contribution in [3.8, 4) is 5.75 Å². The molecule has 0 saturated heterocycles. The first kappa shape index (κ1) is 29.7. The van der Waals surface area contributed by atoms with E-state index in [9.17, 15) is 32.3 Å². The number of carbonyl (C=O) groups is 3. The molecule has 214 valence electrons. The Labute approximate surface area is 225 Å². The smallest absolute Gasteiger partial charge is 0.405 e. The van der Waals surface area contributed by atoms with Gasteiger partial charge in [-0.15, -0.1) is 0 Å². The van der Waals surface area contributed by atoms with E-state index in [0.29, 0.717) is 0 Å². The number of fused-ring (bicyclic) bond motifs is 1. The van der Waals surface area contributed by atoms with Crippen molar-refractivity contribution in [1.82, 2.24) is 24.8 Å². The van der Waals surface area contributed by atoms with Crippen LogP contribution in [0.25, 0.3) is 11.0 Å². The van der Waals surface area contributed by atoms with Crippen LogP contribution in [0.1, 0.15) is 18.7 Å². The van der Waals surface area contributed by atoms with Gasteiger partial charge in [-0.05, 0) is 37.1 Å². The Balaban J connectivity index is 1.76. The van der Waals surface area contributed by atoms with Gasteiger partial charge in [-0.2, -0.15) is 0 Å². The van der Waals surface area contributed by atoms with Gasteiger partial charge in [0.25, 0.3) is 12.0 Å². The number of benzene rings is 1. The fraction of sp³-hybridized carbons (Fsp3) is 0.320. The summed E-state index contributed by atoms with van der Waals surface area (Å²) in [5, 5.41) is 13.6. The number of hydrogen-bond donors (Lipinski definition) is 4. The van der Waals surface area contributed by atoms with Gasteiger partial charge in [-0.3, -0.25) is 14.4 Å². The molecule has 0 fully saturated rings. The first-order valence-corrected chi connectivity index (χ1v) is 11.9. The second-order valence-electron chi connectivity index (χ2n) is 8.74. The fourth-order valence-corrected chi connectivity index (χ4v) is 3.59. The first-order chi connectivity index (χ1) is 18.9. The van der Waals surface area contributed by atoms with E-state index in [4.69, 9.17) is 9.84 Å². The van der Waals surface area contributed by atoms with Crippen molar-refractivity contribution in [2.45, 2.75) is 31.9 Å². The summed E-state index contributed by atoms with van der Waals surface area (Å²) in [5.41, 5.74) is -0.535. The van der Waals surface area contributed by atoms with Crippen LogP contribution in [0.4, 0.5) is 23.7 Å². The summed E-state index contributed by atoms with van der Waals surface area (Å²) >= 11 is 0. The monoisotopic (exact) mass is 564 g/mol. The van der Waals surface area contributed by atoms with Crippen molar-refractivity contribution in [1.29, 1.82) is 0 Å². The van der Waals surface area contributed by atoms with Gasteiger partial charge in [0, 0.05) is 26.4 Å². The molecule has 12 nitrogen and oxygen atoms in total. The number of carboxylic acid groups (broad SMARTS) is 1. The summed E-state index contributed by atoms with van der Waals surface area (Å²) in [6.07, 6.45) is 0.199. The lowest BCUT2D eigenvalue weighted by Gasteiger charge is -2.16. The highest BCUT2D eigenvalue weighted by molar-refractivity contribution is 5.96. The van der Waals surface area contributed by atoms with Gasteiger partial charge < -0.3 is 34.9 Å². The normalized spacial score (nSPS) is 12.1. The second kappa shape index (κ2) is 13.3. The van der Waals surface area contributed by atoms with Crippen LogP contribution in [0.2, 0.25) is 0 Å². The summed E-state index contributed by atoms with van der Waals surface area (Å²) < 4.78 is 45.2. The molecule has 2 aromatic heterocycles. The number of ether oxygens (including phenoxy) is 1. The molecule has 3 aromatic rings. The Morgan fingerprint density at radius 2 is 2.02 bits per heavy atom. The number of rotatable bonds is 12. The molecular weight excluding hydrogens is 537 g/mol. The third-order valence-corrected chi connectivity index (χ3v) is 5.47. The Morgan fingerprint density at radius 3 is 2.70 bits per heavy atom. The number of likely N-dealkylation sites (N-methyl/N-ethyl adjacent to an activating group) is 1. The van der Waals surface area contributed by atoms with Crippen LogP contribution in [0.5, 0.6) is 5.75 Å². The Kier molecular flexibility index (Phi) is 9.89. The van der Waals surface area contributed by atoms with E-state index in [1.165, 1.54) is 39.9 Å². The van der Waals surface area contributed by atoms with E-state index in [2.05, 4.69) is 20.6 Å². The minimum absolute atomic E-state index is 0.0157. The molecule has 1 atom stereocenters. The van der Waals surface area contributed by atoms with Crippen LogP contribution >= 0.6 is 0 Å². The molecule has 3 amide bonds. The molecule has 0 aliphatic heterocycles. The molecule has 0 spiro atoms. The quantitative estimate of drug-likeness (QED) is 0.246. The number of allylic oxidation sites excluding steroid dienone is 1. The van der Waals surface area contributed by atoms with Gasteiger partial charge in [0.15, 0.2) is 0 Å². The molecular formula is C25H27F3N6O6. The number of nitrogens with one attached hydrogen (secondary N) is 3. The van der Waals surface area contributed by atoms with E-state index >= 15 is 0 Å². The van der Waals surface area contributed by atoms with E-state index in [-0.39, 0.29) is 53.6 Å². The van der Waals surface area contributed by atoms with Crippen molar-refractivity contribution in [2.24, 2.45) is 0 Å². The summed E-state index contributed by atoms with van der Waals surface area (Å²) in [6, 6.07) is 3.60. The summed E-state index contributed by atoms with van der Waals surface area (Å²) in [5.74, 6) is -1.81. The number of nitrogens with zero attached hydrogens (tertiary/aromatic N) is 3. The lowest BCUT2D eigenvalue weighted by molar-refractivity contribution is -0.123. The molecule has 0 saturated carbocycles. The highest BCUT2D eigenvalue weighted by Crippen LogP contribution is 2.26. The zero-order valence-electron chi connectivity index (χ0n) is 21.5. The summed E-state index contributed by atoms with van der Waals surface area (Å²) in [7, 11) is 3.14. The minimum atomic E-state index is -2.78. The van der Waals surface area contributed by atoms with Crippen molar-refractivity contribution < 1.29 is 37.4 Å². The highest BCUT2D eigenvalue weighted by Gasteiger charge is 2.21. The molecule has 3 rings (SSSR count). The van der Waals surface area contributed by atoms with Gasteiger partial charge in [0.1, 0.15) is 41.2 Å². The summed E-state index contributed by atoms with van der Waals surface area (Å²) in [6.45, 7) is -1.11. The van der Waals surface area contributed by atoms with Gasteiger partial charge in [-0.25, -0.2) is 22.9 Å². The third kappa shape index (κ3) is 8.09. The van der Waals surface area contributed by atoms with Crippen LogP contribution in [-0.2, 0) is 16.1 Å². The van der Waals surface area contributed by atoms with Crippen molar-refractivity contribution in [3.63, 3.8) is 0 Å². The SMILES string of the molecule is CN(C)C(=O)/C=C/CCC(NC(=O)O)C(=O)Nc1cccn(Cc2nc3c(OCC(F)F)cc(F)cc3[nH]2)c1=O. The zero-order valence-corrected chi connectivity index (χ0v) is 21.5. The fourth-order valence-electron chi connectivity index (χ4n) is 3.59. The molecule has 1 unspecified atom stereocenters. The van der Waals surface area contributed by atoms with Crippen LogP contribution in [0.3, 0.4) is 0 Å². The van der Waals surface area contributed by atoms with Crippen molar-refractivity contribution >= 4 is 34.6 Å². The predicted octanol–water partition coefficient (Wildman–Crippen LogP) is 2.56. The standard InChI is InChI=1S/C25H27F3N6O6/c1-33(2)21(35)8-4-3-6-15(31-25(38)39)23(36)30-16-7-5-9-34(24(16)37)12-20-29-17-10-14(26)11-18(22(17)32-20)40-13-19(27)28/h4-5,7-11,15,19,31H,3,6,12-13H2,1-2H3,(H,29,32)(H,30,36)(H,38,39)/b8-4+. The number of hydrogen-bond acceptors (Lipinski definition) is 6. The topological polar surface area (TPSA) is 159 Å². The largest absolute Gasteiger partial charge is 0.485 e.